The number of benzene rings is 1. The molecule has 0 amide bonds. The van der Waals surface area contributed by atoms with Crippen molar-refractivity contribution in [3.05, 3.63) is 23.8 Å². The first-order chi connectivity index (χ1) is 9.03. The van der Waals surface area contributed by atoms with Gasteiger partial charge in [-0.05, 0) is 17.7 Å². The van der Waals surface area contributed by atoms with E-state index < -0.39 is 22.0 Å². The van der Waals surface area contributed by atoms with Crippen molar-refractivity contribution in [1.29, 1.82) is 0 Å². The van der Waals surface area contributed by atoms with Crippen molar-refractivity contribution in [3.63, 3.8) is 0 Å². The topological polar surface area (TPSA) is 84.9 Å². The minimum absolute atomic E-state index is 0.0152. The lowest BCUT2D eigenvalue weighted by atomic mass is 10.1. The van der Waals surface area contributed by atoms with E-state index in [2.05, 4.69) is 5.32 Å². The van der Waals surface area contributed by atoms with Gasteiger partial charge in [-0.25, -0.2) is 8.42 Å². The van der Waals surface area contributed by atoms with Gasteiger partial charge in [0.15, 0.2) is 21.3 Å². The zero-order chi connectivity index (χ0) is 13.5. The summed E-state index contributed by atoms with van der Waals surface area (Å²) in [5, 5.41) is 12.7. The van der Waals surface area contributed by atoms with Crippen LogP contribution in [0.3, 0.4) is 0 Å². The molecule has 104 valence electrons. The van der Waals surface area contributed by atoms with Crippen molar-refractivity contribution in [2.24, 2.45) is 0 Å². The number of ether oxygens (including phenoxy) is 2. The standard InChI is InChI=1S/C12H15NO5S/c14-10-6-19(15,16)5-9(10)13-4-8-1-2-11-12(3-8)18-7-17-11/h1-3,9-10,13-14H,4-7H2. The van der Waals surface area contributed by atoms with E-state index in [0.717, 1.165) is 5.56 Å². The molecule has 3 rings (SSSR count). The summed E-state index contributed by atoms with van der Waals surface area (Å²) < 4.78 is 33.2. The summed E-state index contributed by atoms with van der Waals surface area (Å²) in [4.78, 5) is 0. The van der Waals surface area contributed by atoms with Gasteiger partial charge in [0.05, 0.1) is 17.6 Å². The maximum atomic E-state index is 11.4. The van der Waals surface area contributed by atoms with Crippen LogP contribution in [0.25, 0.3) is 0 Å². The Balaban J connectivity index is 1.64. The molecule has 7 heteroatoms. The van der Waals surface area contributed by atoms with E-state index in [-0.39, 0.29) is 18.3 Å². The van der Waals surface area contributed by atoms with Crippen LogP contribution < -0.4 is 14.8 Å². The highest BCUT2D eigenvalue weighted by atomic mass is 32.2. The summed E-state index contributed by atoms with van der Waals surface area (Å²) in [5.74, 6) is 1.23. The van der Waals surface area contributed by atoms with Crippen molar-refractivity contribution >= 4 is 9.84 Å². The van der Waals surface area contributed by atoms with Crippen LogP contribution in [0.4, 0.5) is 0 Å². The second kappa shape index (κ2) is 4.66. The van der Waals surface area contributed by atoms with Gasteiger partial charge in [-0.2, -0.15) is 0 Å². The van der Waals surface area contributed by atoms with Crippen LogP contribution in [0.1, 0.15) is 5.56 Å². The minimum Gasteiger partial charge on any atom is -0.454 e. The number of rotatable bonds is 3. The molecule has 0 aliphatic carbocycles. The van der Waals surface area contributed by atoms with E-state index in [1.165, 1.54) is 0 Å². The number of hydrogen-bond acceptors (Lipinski definition) is 6. The van der Waals surface area contributed by atoms with E-state index in [4.69, 9.17) is 9.47 Å². The number of fused-ring (bicyclic) bond motifs is 1. The molecule has 1 aromatic carbocycles. The fourth-order valence-electron chi connectivity index (χ4n) is 2.32. The molecule has 0 bridgehead atoms. The number of aliphatic hydroxyl groups excluding tert-OH is 1. The fourth-order valence-corrected chi connectivity index (χ4v) is 4.10. The van der Waals surface area contributed by atoms with E-state index in [1.54, 1.807) is 0 Å². The Morgan fingerprint density at radius 2 is 2.05 bits per heavy atom. The maximum Gasteiger partial charge on any atom is 0.231 e. The molecule has 0 radical (unpaired) electrons. The Labute approximate surface area is 111 Å². The molecule has 0 aromatic heterocycles. The molecule has 1 aromatic rings. The van der Waals surface area contributed by atoms with Crippen molar-refractivity contribution < 1.29 is 23.0 Å². The van der Waals surface area contributed by atoms with Gasteiger partial charge in [-0.1, -0.05) is 6.07 Å². The Hall–Kier alpha value is -1.31. The number of sulfone groups is 1. The highest BCUT2D eigenvalue weighted by molar-refractivity contribution is 7.91. The number of aliphatic hydroxyl groups is 1. The summed E-state index contributed by atoms with van der Waals surface area (Å²) in [6.07, 6.45) is -0.834. The molecule has 1 saturated heterocycles. The first-order valence-electron chi connectivity index (χ1n) is 6.04. The van der Waals surface area contributed by atoms with Crippen LogP contribution >= 0.6 is 0 Å². The highest BCUT2D eigenvalue weighted by Gasteiger charge is 2.35. The normalized spacial score (nSPS) is 27.6. The molecule has 0 spiro atoms. The van der Waals surface area contributed by atoms with Crippen molar-refractivity contribution in [1.82, 2.24) is 5.32 Å². The highest BCUT2D eigenvalue weighted by Crippen LogP contribution is 2.32. The predicted molar refractivity (Wildman–Crippen MR) is 67.9 cm³/mol. The molecule has 2 N–H and O–H groups in total. The number of nitrogens with one attached hydrogen (secondary N) is 1. The summed E-state index contributed by atoms with van der Waals surface area (Å²) in [6.45, 7) is 0.708. The van der Waals surface area contributed by atoms with Gasteiger partial charge in [0.1, 0.15) is 0 Å². The summed E-state index contributed by atoms with van der Waals surface area (Å²) >= 11 is 0. The zero-order valence-electron chi connectivity index (χ0n) is 10.2. The first kappa shape index (κ1) is 12.7. The SMILES string of the molecule is O=S1(=O)CC(O)C(NCc2ccc3c(c2)OCO3)C1. The lowest BCUT2D eigenvalue weighted by Crippen LogP contribution is -2.38. The summed E-state index contributed by atoms with van der Waals surface area (Å²) in [6, 6.07) is 5.15. The van der Waals surface area contributed by atoms with Crippen molar-refractivity contribution in [3.8, 4) is 11.5 Å². The molecule has 0 saturated carbocycles. The average molecular weight is 285 g/mol. The Kier molecular flexibility index (Phi) is 3.12. The van der Waals surface area contributed by atoms with E-state index in [0.29, 0.717) is 18.0 Å². The van der Waals surface area contributed by atoms with Crippen LogP contribution in [0, 0.1) is 0 Å². The Morgan fingerprint density at radius 1 is 1.26 bits per heavy atom. The van der Waals surface area contributed by atoms with E-state index in [9.17, 15) is 13.5 Å². The molecule has 2 unspecified atom stereocenters. The van der Waals surface area contributed by atoms with Gasteiger partial charge in [-0.15, -0.1) is 0 Å². The monoisotopic (exact) mass is 285 g/mol. The molecule has 6 nitrogen and oxygen atoms in total. The van der Waals surface area contributed by atoms with E-state index in [1.807, 2.05) is 18.2 Å². The lowest BCUT2D eigenvalue weighted by Gasteiger charge is -2.14. The summed E-state index contributed by atoms with van der Waals surface area (Å²) in [5.41, 5.74) is 0.959. The molecular formula is C12H15NO5S. The van der Waals surface area contributed by atoms with Crippen LogP contribution in [0.5, 0.6) is 11.5 Å². The van der Waals surface area contributed by atoms with E-state index >= 15 is 0 Å². The van der Waals surface area contributed by atoms with Crippen LogP contribution in [0.2, 0.25) is 0 Å². The predicted octanol–water partition coefficient (Wildman–Crippen LogP) is -0.337. The van der Waals surface area contributed by atoms with Gasteiger partial charge in [0.2, 0.25) is 6.79 Å². The molecular weight excluding hydrogens is 270 g/mol. The Morgan fingerprint density at radius 3 is 2.79 bits per heavy atom. The molecule has 2 heterocycles. The zero-order valence-corrected chi connectivity index (χ0v) is 11.0. The second-order valence-electron chi connectivity index (χ2n) is 4.82. The third kappa shape index (κ3) is 2.68. The van der Waals surface area contributed by atoms with Gasteiger partial charge < -0.3 is 19.9 Å². The van der Waals surface area contributed by atoms with Gasteiger partial charge in [0, 0.05) is 12.6 Å². The van der Waals surface area contributed by atoms with Crippen LogP contribution in [0.15, 0.2) is 18.2 Å². The molecule has 2 atom stereocenters. The molecule has 19 heavy (non-hydrogen) atoms. The molecule has 2 aliphatic heterocycles. The third-order valence-corrected chi connectivity index (χ3v) is 5.04. The summed E-state index contributed by atoms with van der Waals surface area (Å²) in [7, 11) is -3.12. The number of hydrogen-bond donors (Lipinski definition) is 2. The van der Waals surface area contributed by atoms with Crippen LogP contribution in [-0.2, 0) is 16.4 Å². The minimum atomic E-state index is -3.12. The lowest BCUT2D eigenvalue weighted by molar-refractivity contribution is 0.165. The first-order valence-corrected chi connectivity index (χ1v) is 7.86. The van der Waals surface area contributed by atoms with Gasteiger partial charge in [0.25, 0.3) is 0 Å². The second-order valence-corrected chi connectivity index (χ2v) is 6.97. The third-order valence-electron chi connectivity index (χ3n) is 3.33. The maximum absolute atomic E-state index is 11.4. The largest absolute Gasteiger partial charge is 0.454 e. The molecule has 1 fully saturated rings. The quantitative estimate of drug-likeness (QED) is 0.790. The van der Waals surface area contributed by atoms with Crippen molar-refractivity contribution in [2.45, 2.75) is 18.7 Å². The van der Waals surface area contributed by atoms with Gasteiger partial charge in [-0.3, -0.25) is 0 Å². The Bertz CT molecular complexity index is 586. The smallest absolute Gasteiger partial charge is 0.231 e. The molecule has 2 aliphatic rings. The van der Waals surface area contributed by atoms with Crippen LogP contribution in [-0.4, -0.2) is 44.0 Å². The van der Waals surface area contributed by atoms with Gasteiger partial charge >= 0.3 is 0 Å². The fraction of sp³-hybridized carbons (Fsp3) is 0.500. The average Bonchev–Trinajstić information content (AvgIpc) is 2.89. The van der Waals surface area contributed by atoms with Crippen molar-refractivity contribution in [2.75, 3.05) is 18.3 Å².